The van der Waals surface area contributed by atoms with Crippen molar-refractivity contribution < 1.29 is 17.7 Å². The summed E-state index contributed by atoms with van der Waals surface area (Å²) in [5, 5.41) is 3.75. The lowest BCUT2D eigenvalue weighted by atomic mass is 10.2. The predicted molar refractivity (Wildman–Crippen MR) is 86.8 cm³/mol. The number of benzene rings is 1. The van der Waals surface area contributed by atoms with Crippen molar-refractivity contribution in [1.82, 2.24) is 14.8 Å². The molecule has 1 aliphatic rings. The van der Waals surface area contributed by atoms with Crippen LogP contribution in [0, 0.1) is 6.92 Å². The summed E-state index contributed by atoms with van der Waals surface area (Å²) < 4.78 is 32.2. The zero-order valence-electron chi connectivity index (χ0n) is 13.4. The van der Waals surface area contributed by atoms with Gasteiger partial charge >= 0.3 is 0 Å². The van der Waals surface area contributed by atoms with E-state index >= 15 is 0 Å². The molecule has 1 aliphatic heterocycles. The Kier molecular flexibility index (Phi) is 4.68. The first-order valence-electron chi connectivity index (χ1n) is 7.77. The van der Waals surface area contributed by atoms with E-state index in [-0.39, 0.29) is 17.3 Å². The SMILES string of the molecule is Cc1cc(CNS(=O)(=O)c2cccc(C(=O)N3CCCC3)c2)no1. The minimum absolute atomic E-state index is 0.0317. The Morgan fingerprint density at radius 3 is 2.71 bits per heavy atom. The molecule has 8 heteroatoms. The third kappa shape index (κ3) is 3.65. The van der Waals surface area contributed by atoms with Crippen LogP contribution in [0.1, 0.15) is 34.7 Å². The Balaban J connectivity index is 1.75. The van der Waals surface area contributed by atoms with E-state index in [0.717, 1.165) is 25.9 Å². The van der Waals surface area contributed by atoms with Crippen molar-refractivity contribution in [2.75, 3.05) is 13.1 Å². The Bertz CT molecular complexity index is 839. The lowest BCUT2D eigenvalue weighted by Gasteiger charge is -2.15. The molecule has 1 saturated heterocycles. The summed E-state index contributed by atoms with van der Waals surface area (Å²) in [7, 11) is -3.73. The van der Waals surface area contributed by atoms with Crippen molar-refractivity contribution in [3.63, 3.8) is 0 Å². The zero-order valence-corrected chi connectivity index (χ0v) is 14.2. The van der Waals surface area contributed by atoms with Crippen LogP contribution in [0.3, 0.4) is 0 Å². The normalized spacial score (nSPS) is 15.0. The molecule has 3 rings (SSSR count). The van der Waals surface area contributed by atoms with Crippen LogP contribution in [0.2, 0.25) is 0 Å². The maximum Gasteiger partial charge on any atom is 0.253 e. The molecule has 0 bridgehead atoms. The molecule has 0 saturated carbocycles. The minimum atomic E-state index is -3.73. The number of nitrogens with one attached hydrogen (secondary N) is 1. The number of hydrogen-bond donors (Lipinski definition) is 1. The molecular weight excluding hydrogens is 330 g/mol. The number of amides is 1. The van der Waals surface area contributed by atoms with Gasteiger partial charge in [-0.15, -0.1) is 0 Å². The van der Waals surface area contributed by atoms with Crippen molar-refractivity contribution >= 4 is 15.9 Å². The van der Waals surface area contributed by atoms with E-state index in [1.54, 1.807) is 30.0 Å². The molecule has 1 fully saturated rings. The second kappa shape index (κ2) is 6.74. The van der Waals surface area contributed by atoms with Crippen molar-refractivity contribution in [3.8, 4) is 0 Å². The van der Waals surface area contributed by atoms with E-state index in [9.17, 15) is 13.2 Å². The van der Waals surface area contributed by atoms with Gasteiger partial charge in [0.1, 0.15) is 5.76 Å². The van der Waals surface area contributed by atoms with Gasteiger partial charge in [-0.3, -0.25) is 4.79 Å². The number of rotatable bonds is 5. The van der Waals surface area contributed by atoms with Gasteiger partial charge in [0.15, 0.2) is 0 Å². The summed E-state index contributed by atoms with van der Waals surface area (Å²) in [4.78, 5) is 14.2. The van der Waals surface area contributed by atoms with Crippen LogP contribution in [0.15, 0.2) is 39.8 Å². The third-order valence-electron chi connectivity index (χ3n) is 3.90. The number of aromatic nitrogens is 1. The number of nitrogens with zero attached hydrogens (tertiary/aromatic N) is 2. The molecule has 24 heavy (non-hydrogen) atoms. The van der Waals surface area contributed by atoms with Gasteiger partial charge in [-0.25, -0.2) is 13.1 Å². The number of sulfonamides is 1. The third-order valence-corrected chi connectivity index (χ3v) is 5.30. The van der Waals surface area contributed by atoms with E-state index in [0.29, 0.717) is 17.0 Å². The largest absolute Gasteiger partial charge is 0.361 e. The summed E-state index contributed by atoms with van der Waals surface area (Å²) in [5.41, 5.74) is 0.887. The highest BCUT2D eigenvalue weighted by Crippen LogP contribution is 2.17. The van der Waals surface area contributed by atoms with Gasteiger partial charge in [0.25, 0.3) is 5.91 Å². The van der Waals surface area contributed by atoms with E-state index in [2.05, 4.69) is 9.88 Å². The monoisotopic (exact) mass is 349 g/mol. The molecule has 0 unspecified atom stereocenters. The molecule has 2 aromatic rings. The highest BCUT2D eigenvalue weighted by Gasteiger charge is 2.22. The smallest absolute Gasteiger partial charge is 0.253 e. The fourth-order valence-electron chi connectivity index (χ4n) is 2.65. The summed E-state index contributed by atoms with van der Waals surface area (Å²) in [5.74, 6) is 0.485. The van der Waals surface area contributed by atoms with Crippen LogP contribution >= 0.6 is 0 Å². The number of likely N-dealkylation sites (tertiary alicyclic amines) is 1. The van der Waals surface area contributed by atoms with E-state index in [1.165, 1.54) is 12.1 Å². The van der Waals surface area contributed by atoms with Gasteiger partial charge in [-0.1, -0.05) is 11.2 Å². The van der Waals surface area contributed by atoms with Crippen molar-refractivity contribution in [2.24, 2.45) is 0 Å². The van der Waals surface area contributed by atoms with Crippen LogP contribution in [0.5, 0.6) is 0 Å². The number of aryl methyl sites for hydroxylation is 1. The standard InChI is InChI=1S/C16H19N3O4S/c1-12-9-14(18-23-12)11-17-24(21,22)15-6-4-5-13(10-15)16(20)19-7-2-3-8-19/h4-6,9-10,17H,2-3,7-8,11H2,1H3. The van der Waals surface area contributed by atoms with Gasteiger partial charge in [-0.2, -0.15) is 0 Å². The highest BCUT2D eigenvalue weighted by atomic mass is 32.2. The molecule has 0 aliphatic carbocycles. The van der Waals surface area contributed by atoms with Crippen LogP contribution in [-0.2, 0) is 16.6 Å². The zero-order chi connectivity index (χ0) is 17.2. The average molecular weight is 349 g/mol. The molecule has 128 valence electrons. The molecule has 0 atom stereocenters. The fourth-order valence-corrected chi connectivity index (χ4v) is 3.70. The molecule has 0 spiro atoms. The van der Waals surface area contributed by atoms with Crippen LogP contribution < -0.4 is 4.72 Å². The fraction of sp³-hybridized carbons (Fsp3) is 0.375. The summed E-state index contributed by atoms with van der Waals surface area (Å²) >= 11 is 0. The molecule has 1 amide bonds. The Labute approximate surface area is 140 Å². The van der Waals surface area contributed by atoms with E-state index in [1.807, 2.05) is 0 Å². The number of hydrogen-bond acceptors (Lipinski definition) is 5. The van der Waals surface area contributed by atoms with Crippen molar-refractivity contribution in [2.45, 2.75) is 31.2 Å². The molecule has 1 N–H and O–H groups in total. The van der Waals surface area contributed by atoms with Gasteiger partial charge in [0.05, 0.1) is 17.1 Å². The second-order valence-corrected chi connectivity index (χ2v) is 7.55. The molecule has 1 aromatic carbocycles. The quantitative estimate of drug-likeness (QED) is 0.887. The molecular formula is C16H19N3O4S. The number of carbonyl (C=O) groups is 1. The maximum absolute atomic E-state index is 12.4. The van der Waals surface area contributed by atoms with Gasteiger partial charge in [-0.05, 0) is 38.0 Å². The second-order valence-electron chi connectivity index (χ2n) is 5.78. The van der Waals surface area contributed by atoms with E-state index in [4.69, 9.17) is 4.52 Å². The summed E-state index contributed by atoms with van der Waals surface area (Å²) in [6.07, 6.45) is 1.98. The van der Waals surface area contributed by atoms with Gasteiger partial charge in [0.2, 0.25) is 10.0 Å². The Hall–Kier alpha value is -2.19. The predicted octanol–water partition coefficient (Wildman–Crippen LogP) is 1.70. The first kappa shape index (κ1) is 16.7. The number of carbonyl (C=O) groups excluding carboxylic acids is 1. The summed E-state index contributed by atoms with van der Waals surface area (Å²) in [6.45, 7) is 3.21. The lowest BCUT2D eigenvalue weighted by molar-refractivity contribution is 0.0792. The van der Waals surface area contributed by atoms with Crippen molar-refractivity contribution in [3.05, 3.63) is 47.3 Å². The average Bonchev–Trinajstić information content (AvgIpc) is 3.24. The molecule has 1 aromatic heterocycles. The van der Waals surface area contributed by atoms with Gasteiger partial charge < -0.3 is 9.42 Å². The van der Waals surface area contributed by atoms with Crippen LogP contribution in [0.4, 0.5) is 0 Å². The Morgan fingerprint density at radius 1 is 1.29 bits per heavy atom. The molecule has 0 radical (unpaired) electrons. The van der Waals surface area contributed by atoms with Crippen LogP contribution in [-0.4, -0.2) is 37.5 Å². The first-order valence-corrected chi connectivity index (χ1v) is 9.25. The first-order chi connectivity index (χ1) is 11.5. The molecule has 2 heterocycles. The topological polar surface area (TPSA) is 92.5 Å². The Morgan fingerprint density at radius 2 is 2.04 bits per heavy atom. The summed E-state index contributed by atoms with van der Waals surface area (Å²) in [6, 6.07) is 7.77. The highest BCUT2D eigenvalue weighted by molar-refractivity contribution is 7.89. The minimum Gasteiger partial charge on any atom is -0.361 e. The van der Waals surface area contributed by atoms with Crippen LogP contribution in [0.25, 0.3) is 0 Å². The van der Waals surface area contributed by atoms with E-state index < -0.39 is 10.0 Å². The van der Waals surface area contributed by atoms with Crippen molar-refractivity contribution in [1.29, 1.82) is 0 Å². The van der Waals surface area contributed by atoms with Gasteiger partial charge in [0, 0.05) is 24.7 Å². The lowest BCUT2D eigenvalue weighted by Crippen LogP contribution is -2.28. The molecule has 7 nitrogen and oxygen atoms in total. The maximum atomic E-state index is 12.4.